The molecule has 2 aromatic rings. The first-order valence-electron chi connectivity index (χ1n) is 5.97. The van der Waals surface area contributed by atoms with E-state index in [9.17, 15) is 4.79 Å². The summed E-state index contributed by atoms with van der Waals surface area (Å²) >= 11 is 0. The number of carbonyl (C=O) groups excluding carboxylic acids is 1. The van der Waals surface area contributed by atoms with Crippen LogP contribution in [-0.2, 0) is 14.3 Å². The van der Waals surface area contributed by atoms with Crippen LogP contribution in [0.5, 0.6) is 0 Å². The van der Waals surface area contributed by atoms with Gasteiger partial charge in [-0.05, 0) is 22.9 Å². The fourth-order valence-corrected chi connectivity index (χ4v) is 2.03. The van der Waals surface area contributed by atoms with Crippen molar-refractivity contribution in [1.29, 1.82) is 0 Å². The first-order chi connectivity index (χ1) is 9.26. The van der Waals surface area contributed by atoms with Crippen LogP contribution in [0.15, 0.2) is 61.2 Å². The van der Waals surface area contributed by atoms with Gasteiger partial charge in [0, 0.05) is 5.56 Å². The molecule has 1 atom stereocenters. The largest absolute Gasteiger partial charge is 0.450 e. The van der Waals surface area contributed by atoms with E-state index in [4.69, 9.17) is 9.47 Å². The van der Waals surface area contributed by atoms with Crippen molar-refractivity contribution in [3.05, 3.63) is 66.8 Å². The molecule has 0 aromatic heterocycles. The third kappa shape index (κ3) is 2.22. The number of fused-ring (bicyclic) bond motifs is 1. The summed E-state index contributed by atoms with van der Waals surface area (Å²) in [7, 11) is 0. The number of ether oxygens (including phenoxy) is 2. The molecular formula is C16H12O3. The number of hydrogen-bond acceptors (Lipinski definition) is 3. The highest BCUT2D eigenvalue weighted by molar-refractivity contribution is 5.93. The zero-order valence-corrected chi connectivity index (χ0v) is 10.2. The second-order valence-corrected chi connectivity index (χ2v) is 4.23. The number of cyclic esters (lactones) is 1. The number of carbonyl (C=O) groups is 1. The number of esters is 1. The quantitative estimate of drug-likeness (QED) is 0.608. The SMILES string of the molecule is C=C[C@H]1OC(=O)C=C(c2ccc3ccccc3c2)O1. The Morgan fingerprint density at radius 2 is 1.84 bits per heavy atom. The number of rotatable bonds is 2. The maximum absolute atomic E-state index is 11.5. The van der Waals surface area contributed by atoms with Gasteiger partial charge in [-0.15, -0.1) is 0 Å². The lowest BCUT2D eigenvalue weighted by atomic mass is 10.1. The zero-order valence-electron chi connectivity index (χ0n) is 10.2. The second-order valence-electron chi connectivity index (χ2n) is 4.23. The highest BCUT2D eigenvalue weighted by Crippen LogP contribution is 2.26. The van der Waals surface area contributed by atoms with Crippen molar-refractivity contribution >= 4 is 22.5 Å². The Balaban J connectivity index is 2.04. The van der Waals surface area contributed by atoms with Crippen LogP contribution in [0.25, 0.3) is 16.5 Å². The van der Waals surface area contributed by atoms with Crippen molar-refractivity contribution in [1.82, 2.24) is 0 Å². The van der Waals surface area contributed by atoms with Crippen molar-refractivity contribution in [3.8, 4) is 0 Å². The maximum Gasteiger partial charge on any atom is 0.337 e. The first kappa shape index (κ1) is 11.5. The van der Waals surface area contributed by atoms with E-state index in [1.807, 2.05) is 42.5 Å². The van der Waals surface area contributed by atoms with Gasteiger partial charge in [0.15, 0.2) is 0 Å². The van der Waals surface area contributed by atoms with Gasteiger partial charge in [0.05, 0.1) is 6.08 Å². The fourth-order valence-electron chi connectivity index (χ4n) is 2.03. The summed E-state index contributed by atoms with van der Waals surface area (Å²) in [5, 5.41) is 2.24. The van der Waals surface area contributed by atoms with Gasteiger partial charge >= 0.3 is 5.97 Å². The molecule has 3 heteroatoms. The molecule has 1 aliphatic heterocycles. The molecule has 0 saturated carbocycles. The predicted octanol–water partition coefficient (Wildman–Crippen LogP) is 3.27. The summed E-state index contributed by atoms with van der Waals surface area (Å²) in [6.07, 6.45) is 2.08. The maximum atomic E-state index is 11.5. The van der Waals surface area contributed by atoms with E-state index in [2.05, 4.69) is 6.58 Å². The molecule has 3 rings (SSSR count). The van der Waals surface area contributed by atoms with E-state index in [1.54, 1.807) is 0 Å². The molecule has 1 heterocycles. The Bertz CT molecular complexity index is 685. The summed E-state index contributed by atoms with van der Waals surface area (Å²) in [4.78, 5) is 11.5. The molecule has 0 aliphatic carbocycles. The topological polar surface area (TPSA) is 35.5 Å². The van der Waals surface area contributed by atoms with Crippen LogP contribution in [0.4, 0.5) is 0 Å². The van der Waals surface area contributed by atoms with Crippen molar-refractivity contribution in [2.75, 3.05) is 0 Å². The fraction of sp³-hybridized carbons (Fsp3) is 0.0625. The minimum atomic E-state index is -0.723. The molecule has 0 spiro atoms. The van der Waals surface area contributed by atoms with Gasteiger partial charge in [-0.3, -0.25) is 0 Å². The molecule has 94 valence electrons. The highest BCUT2D eigenvalue weighted by Gasteiger charge is 2.20. The van der Waals surface area contributed by atoms with E-state index >= 15 is 0 Å². The second kappa shape index (κ2) is 4.61. The smallest absolute Gasteiger partial charge is 0.337 e. The number of hydrogen-bond donors (Lipinski definition) is 0. The van der Waals surface area contributed by atoms with Gasteiger partial charge in [0.25, 0.3) is 6.29 Å². The minimum absolute atomic E-state index is 0.417. The molecule has 0 N–H and O–H groups in total. The zero-order chi connectivity index (χ0) is 13.2. The van der Waals surface area contributed by atoms with Crippen LogP contribution < -0.4 is 0 Å². The standard InChI is InChI=1S/C16H12O3/c1-2-16-18-14(10-15(17)19-16)13-8-7-11-5-3-4-6-12(11)9-13/h2-10,16H,1H2/t16-/m1/s1. The molecule has 0 bridgehead atoms. The Kier molecular flexibility index (Phi) is 2.80. The Morgan fingerprint density at radius 3 is 2.63 bits per heavy atom. The first-order valence-corrected chi connectivity index (χ1v) is 5.97. The molecule has 0 saturated heterocycles. The molecular weight excluding hydrogens is 240 g/mol. The predicted molar refractivity (Wildman–Crippen MR) is 73.1 cm³/mol. The molecule has 0 unspecified atom stereocenters. The van der Waals surface area contributed by atoms with Crippen LogP contribution in [0.2, 0.25) is 0 Å². The Labute approximate surface area is 110 Å². The average molecular weight is 252 g/mol. The van der Waals surface area contributed by atoms with Crippen molar-refractivity contribution in [2.24, 2.45) is 0 Å². The highest BCUT2D eigenvalue weighted by atomic mass is 16.7. The molecule has 3 nitrogen and oxygen atoms in total. The lowest BCUT2D eigenvalue weighted by molar-refractivity contribution is -0.157. The van der Waals surface area contributed by atoms with Gasteiger partial charge in [-0.25, -0.2) is 4.79 Å². The molecule has 19 heavy (non-hydrogen) atoms. The third-order valence-corrected chi connectivity index (χ3v) is 2.95. The molecule has 1 aliphatic rings. The molecule has 0 fully saturated rings. The van der Waals surface area contributed by atoms with Crippen molar-refractivity contribution < 1.29 is 14.3 Å². The normalized spacial score (nSPS) is 18.4. The van der Waals surface area contributed by atoms with Gasteiger partial charge in [0.2, 0.25) is 0 Å². The monoisotopic (exact) mass is 252 g/mol. The molecule has 0 radical (unpaired) electrons. The van der Waals surface area contributed by atoms with Crippen molar-refractivity contribution in [2.45, 2.75) is 6.29 Å². The number of benzene rings is 2. The summed E-state index contributed by atoms with van der Waals surface area (Å²) in [6.45, 7) is 3.57. The van der Waals surface area contributed by atoms with Crippen LogP contribution >= 0.6 is 0 Å². The van der Waals surface area contributed by atoms with Crippen LogP contribution in [0.1, 0.15) is 5.56 Å². The van der Waals surface area contributed by atoms with E-state index < -0.39 is 12.3 Å². The van der Waals surface area contributed by atoms with Gasteiger partial charge in [-0.2, -0.15) is 0 Å². The lowest BCUT2D eigenvalue weighted by Crippen LogP contribution is -2.22. The Hall–Kier alpha value is -2.55. The van der Waals surface area contributed by atoms with Gasteiger partial charge in [-0.1, -0.05) is 43.0 Å². The summed E-state index contributed by atoms with van der Waals surface area (Å²) in [5.74, 6) is 0.0891. The van der Waals surface area contributed by atoms with E-state index in [1.165, 1.54) is 12.2 Å². The van der Waals surface area contributed by atoms with Gasteiger partial charge in [0.1, 0.15) is 5.76 Å². The van der Waals surface area contributed by atoms with Crippen LogP contribution in [-0.4, -0.2) is 12.3 Å². The van der Waals surface area contributed by atoms with E-state index in [0.717, 1.165) is 16.3 Å². The van der Waals surface area contributed by atoms with E-state index in [-0.39, 0.29) is 0 Å². The third-order valence-electron chi connectivity index (χ3n) is 2.95. The average Bonchev–Trinajstić information content (AvgIpc) is 2.46. The lowest BCUT2D eigenvalue weighted by Gasteiger charge is -2.22. The molecule has 2 aromatic carbocycles. The van der Waals surface area contributed by atoms with Gasteiger partial charge < -0.3 is 9.47 Å². The van der Waals surface area contributed by atoms with E-state index in [0.29, 0.717) is 5.76 Å². The summed E-state index contributed by atoms with van der Waals surface area (Å²) in [5.41, 5.74) is 0.849. The minimum Gasteiger partial charge on any atom is -0.450 e. The summed E-state index contributed by atoms with van der Waals surface area (Å²) < 4.78 is 10.5. The Morgan fingerprint density at radius 1 is 1.05 bits per heavy atom. The van der Waals surface area contributed by atoms with Crippen LogP contribution in [0.3, 0.4) is 0 Å². The van der Waals surface area contributed by atoms with Crippen molar-refractivity contribution in [3.63, 3.8) is 0 Å². The van der Waals surface area contributed by atoms with Crippen LogP contribution in [0, 0.1) is 0 Å². The molecule has 0 amide bonds. The summed E-state index contributed by atoms with van der Waals surface area (Å²) in [6, 6.07) is 13.9.